The summed E-state index contributed by atoms with van der Waals surface area (Å²) in [5.74, 6) is 0.280. The topological polar surface area (TPSA) is 75.5 Å². The lowest BCUT2D eigenvalue weighted by Crippen LogP contribution is -2.42. The summed E-state index contributed by atoms with van der Waals surface area (Å²) < 4.78 is 0. The molecule has 0 unspecified atom stereocenters. The first kappa shape index (κ1) is 16.9. The Labute approximate surface area is 142 Å². The molecule has 1 amide bonds. The summed E-state index contributed by atoms with van der Waals surface area (Å²) in [4.78, 5) is 25.1. The van der Waals surface area contributed by atoms with E-state index in [1.807, 2.05) is 0 Å². The fraction of sp³-hybridized carbons (Fsp3) is 0.611. The second-order valence-electron chi connectivity index (χ2n) is 6.94. The van der Waals surface area contributed by atoms with E-state index in [2.05, 4.69) is 10.2 Å². The lowest BCUT2D eigenvalue weighted by molar-refractivity contribution is -0.384. The van der Waals surface area contributed by atoms with Crippen molar-refractivity contribution in [2.45, 2.75) is 44.6 Å². The lowest BCUT2D eigenvalue weighted by atomic mass is 9.95. The van der Waals surface area contributed by atoms with Crippen molar-refractivity contribution in [2.75, 3.05) is 19.6 Å². The van der Waals surface area contributed by atoms with Crippen molar-refractivity contribution in [1.82, 2.24) is 10.2 Å². The molecule has 1 saturated heterocycles. The fourth-order valence-corrected chi connectivity index (χ4v) is 3.89. The maximum absolute atomic E-state index is 12.2. The van der Waals surface area contributed by atoms with Gasteiger partial charge >= 0.3 is 0 Å². The normalized spacial score (nSPS) is 20.2. The van der Waals surface area contributed by atoms with Crippen molar-refractivity contribution in [1.29, 1.82) is 0 Å². The number of benzene rings is 1. The van der Waals surface area contributed by atoms with E-state index in [0.717, 1.165) is 32.0 Å². The first-order valence-electron chi connectivity index (χ1n) is 8.90. The molecule has 6 heteroatoms. The number of nitrogens with one attached hydrogen (secondary N) is 1. The van der Waals surface area contributed by atoms with E-state index in [9.17, 15) is 14.9 Å². The molecule has 1 aromatic rings. The summed E-state index contributed by atoms with van der Waals surface area (Å²) in [5, 5.41) is 13.7. The van der Waals surface area contributed by atoms with Crippen LogP contribution in [0, 0.1) is 16.0 Å². The molecule has 0 radical (unpaired) electrons. The van der Waals surface area contributed by atoms with Crippen LogP contribution >= 0.6 is 0 Å². The Morgan fingerprint density at radius 3 is 2.58 bits per heavy atom. The Kier molecular flexibility index (Phi) is 5.45. The van der Waals surface area contributed by atoms with Gasteiger partial charge in [-0.1, -0.05) is 18.9 Å². The number of nitro benzene ring substituents is 1. The molecule has 0 bridgehead atoms. The minimum absolute atomic E-state index is 0.0486. The summed E-state index contributed by atoms with van der Waals surface area (Å²) in [7, 11) is 0. The van der Waals surface area contributed by atoms with Crippen molar-refractivity contribution in [3.8, 4) is 0 Å². The Morgan fingerprint density at radius 2 is 1.92 bits per heavy atom. The standard InChI is InChI=1S/C18H25N3O3/c22-18(15-4-3-7-17(12-15)21(23)24)19-13-14-8-10-20(11-9-14)16-5-1-2-6-16/h3-4,7,12,14,16H,1-2,5-6,8-11,13H2,(H,19,22). The molecule has 1 aliphatic heterocycles. The number of hydrogen-bond acceptors (Lipinski definition) is 4. The molecule has 3 rings (SSSR count). The van der Waals surface area contributed by atoms with E-state index in [4.69, 9.17) is 0 Å². The molecule has 2 aliphatic rings. The summed E-state index contributed by atoms with van der Waals surface area (Å²) in [6.45, 7) is 2.91. The van der Waals surface area contributed by atoms with Crippen LogP contribution < -0.4 is 5.32 Å². The van der Waals surface area contributed by atoms with Gasteiger partial charge in [-0.15, -0.1) is 0 Å². The average Bonchev–Trinajstić information content (AvgIpc) is 3.15. The zero-order chi connectivity index (χ0) is 16.9. The molecule has 2 fully saturated rings. The van der Waals surface area contributed by atoms with Gasteiger partial charge in [-0.25, -0.2) is 0 Å². The minimum Gasteiger partial charge on any atom is -0.352 e. The molecule has 1 heterocycles. The number of piperidine rings is 1. The van der Waals surface area contributed by atoms with Gasteiger partial charge in [-0.2, -0.15) is 0 Å². The number of nitro groups is 1. The summed E-state index contributed by atoms with van der Waals surface area (Å²) in [6, 6.07) is 6.68. The molecule has 6 nitrogen and oxygen atoms in total. The fourth-order valence-electron chi connectivity index (χ4n) is 3.89. The molecule has 0 aromatic heterocycles. The molecule has 1 saturated carbocycles. The number of amides is 1. The smallest absolute Gasteiger partial charge is 0.270 e. The summed E-state index contributed by atoms with van der Waals surface area (Å²) in [5.41, 5.74) is 0.306. The zero-order valence-corrected chi connectivity index (χ0v) is 13.9. The van der Waals surface area contributed by atoms with Gasteiger partial charge in [0.15, 0.2) is 0 Å². The Balaban J connectivity index is 1.45. The van der Waals surface area contributed by atoms with Crippen molar-refractivity contribution >= 4 is 11.6 Å². The number of rotatable bonds is 5. The number of nitrogens with zero attached hydrogens (tertiary/aromatic N) is 2. The van der Waals surface area contributed by atoms with Gasteiger partial charge in [0, 0.05) is 30.3 Å². The number of carbonyl (C=O) groups excluding carboxylic acids is 1. The van der Waals surface area contributed by atoms with E-state index in [-0.39, 0.29) is 11.6 Å². The molecule has 0 atom stereocenters. The van der Waals surface area contributed by atoms with E-state index in [1.165, 1.54) is 37.8 Å². The SMILES string of the molecule is O=C(NCC1CCN(C2CCCC2)CC1)c1cccc([N+](=O)[O-])c1. The quantitative estimate of drug-likeness (QED) is 0.665. The molecule has 24 heavy (non-hydrogen) atoms. The monoisotopic (exact) mass is 331 g/mol. The van der Waals surface area contributed by atoms with Gasteiger partial charge in [-0.3, -0.25) is 14.9 Å². The van der Waals surface area contributed by atoms with Crippen LogP contribution in [-0.4, -0.2) is 41.4 Å². The van der Waals surface area contributed by atoms with E-state index in [0.29, 0.717) is 18.0 Å². The second kappa shape index (κ2) is 7.75. The lowest BCUT2D eigenvalue weighted by Gasteiger charge is -2.36. The van der Waals surface area contributed by atoms with Crippen LogP contribution in [0.25, 0.3) is 0 Å². The van der Waals surface area contributed by atoms with Gasteiger partial charge in [0.1, 0.15) is 0 Å². The molecular weight excluding hydrogens is 306 g/mol. The van der Waals surface area contributed by atoms with Gasteiger partial charge in [0.2, 0.25) is 0 Å². The Morgan fingerprint density at radius 1 is 1.21 bits per heavy atom. The van der Waals surface area contributed by atoms with E-state index >= 15 is 0 Å². The van der Waals surface area contributed by atoms with Crippen molar-refractivity contribution < 1.29 is 9.72 Å². The van der Waals surface area contributed by atoms with Gasteiger partial charge in [-0.05, 0) is 50.8 Å². The zero-order valence-electron chi connectivity index (χ0n) is 13.9. The third kappa shape index (κ3) is 4.12. The van der Waals surface area contributed by atoms with Crippen LogP contribution in [0.1, 0.15) is 48.9 Å². The number of non-ortho nitro benzene ring substituents is 1. The predicted octanol–water partition coefficient (Wildman–Crippen LogP) is 2.98. The van der Waals surface area contributed by atoms with Crippen LogP contribution in [0.15, 0.2) is 24.3 Å². The average molecular weight is 331 g/mol. The van der Waals surface area contributed by atoms with Crippen LogP contribution in [0.2, 0.25) is 0 Å². The van der Waals surface area contributed by atoms with Crippen molar-refractivity contribution in [3.05, 3.63) is 39.9 Å². The maximum Gasteiger partial charge on any atom is 0.270 e. The highest BCUT2D eigenvalue weighted by atomic mass is 16.6. The van der Waals surface area contributed by atoms with E-state index < -0.39 is 4.92 Å². The molecule has 1 aliphatic carbocycles. The van der Waals surface area contributed by atoms with Gasteiger partial charge in [0.25, 0.3) is 11.6 Å². The van der Waals surface area contributed by atoms with E-state index in [1.54, 1.807) is 12.1 Å². The third-order valence-corrected chi connectivity index (χ3v) is 5.36. The van der Waals surface area contributed by atoms with Crippen LogP contribution in [0.5, 0.6) is 0 Å². The van der Waals surface area contributed by atoms with Gasteiger partial charge in [0.05, 0.1) is 4.92 Å². The third-order valence-electron chi connectivity index (χ3n) is 5.36. The second-order valence-corrected chi connectivity index (χ2v) is 6.94. The molecule has 1 aromatic carbocycles. The first-order chi connectivity index (χ1) is 11.6. The Hall–Kier alpha value is -1.95. The largest absolute Gasteiger partial charge is 0.352 e. The molecule has 1 N–H and O–H groups in total. The highest BCUT2D eigenvalue weighted by molar-refractivity contribution is 5.94. The number of likely N-dealkylation sites (tertiary alicyclic amines) is 1. The van der Waals surface area contributed by atoms with Crippen molar-refractivity contribution in [2.24, 2.45) is 5.92 Å². The highest BCUT2D eigenvalue weighted by Crippen LogP contribution is 2.27. The number of hydrogen-bond donors (Lipinski definition) is 1. The highest BCUT2D eigenvalue weighted by Gasteiger charge is 2.27. The predicted molar refractivity (Wildman–Crippen MR) is 92.0 cm³/mol. The molecule has 130 valence electrons. The maximum atomic E-state index is 12.2. The van der Waals surface area contributed by atoms with Crippen LogP contribution in [-0.2, 0) is 0 Å². The van der Waals surface area contributed by atoms with Crippen LogP contribution in [0.4, 0.5) is 5.69 Å². The summed E-state index contributed by atoms with van der Waals surface area (Å²) >= 11 is 0. The number of carbonyl (C=O) groups is 1. The summed E-state index contributed by atoms with van der Waals surface area (Å²) in [6.07, 6.45) is 7.65. The minimum atomic E-state index is -0.477. The Bertz CT molecular complexity index is 591. The molecule has 0 spiro atoms. The first-order valence-corrected chi connectivity index (χ1v) is 8.90. The van der Waals surface area contributed by atoms with Crippen molar-refractivity contribution in [3.63, 3.8) is 0 Å². The van der Waals surface area contributed by atoms with Gasteiger partial charge < -0.3 is 10.2 Å². The van der Waals surface area contributed by atoms with Crippen LogP contribution in [0.3, 0.4) is 0 Å². The molecular formula is C18H25N3O3.